The molecule has 1 aliphatic heterocycles. The van der Waals surface area contributed by atoms with E-state index in [1.165, 1.54) is 10.8 Å². The van der Waals surface area contributed by atoms with Crippen molar-refractivity contribution in [3.63, 3.8) is 0 Å². The molecule has 160 valence electrons. The van der Waals surface area contributed by atoms with Crippen molar-refractivity contribution in [3.05, 3.63) is 66.0 Å². The summed E-state index contributed by atoms with van der Waals surface area (Å²) in [5.74, 6) is 7.80. The Balaban J connectivity index is 1.33. The fourth-order valence-electron chi connectivity index (χ4n) is 3.78. The summed E-state index contributed by atoms with van der Waals surface area (Å²) in [5, 5.41) is 23.6. The third kappa shape index (κ3) is 3.91. The third-order valence-corrected chi connectivity index (χ3v) is 5.61. The van der Waals surface area contributed by atoms with Gasteiger partial charge in [0.2, 0.25) is 0 Å². The van der Waals surface area contributed by atoms with E-state index in [-0.39, 0.29) is 18.3 Å². The normalized spacial score (nSPS) is 18.0. The van der Waals surface area contributed by atoms with Crippen LogP contribution < -0.4 is 4.90 Å². The van der Waals surface area contributed by atoms with Gasteiger partial charge in [0.25, 0.3) is 5.89 Å². The fourth-order valence-corrected chi connectivity index (χ4v) is 3.78. The van der Waals surface area contributed by atoms with E-state index in [9.17, 15) is 0 Å². The lowest BCUT2D eigenvalue weighted by Gasteiger charge is -2.22. The van der Waals surface area contributed by atoms with E-state index >= 15 is 0 Å². The van der Waals surface area contributed by atoms with Gasteiger partial charge in [-0.2, -0.15) is 4.98 Å². The Morgan fingerprint density at radius 3 is 2.75 bits per heavy atom. The number of aliphatic hydroxyl groups excluding tert-OH is 1. The molecular weight excluding hydrogens is 406 g/mol. The molecule has 3 heterocycles. The molecule has 32 heavy (non-hydrogen) atoms. The van der Waals surface area contributed by atoms with Gasteiger partial charge in [-0.15, -0.1) is 10.2 Å². The molecule has 0 saturated carbocycles. The lowest BCUT2D eigenvalue weighted by Crippen LogP contribution is -2.34. The van der Waals surface area contributed by atoms with Crippen LogP contribution in [0, 0.1) is 11.8 Å². The number of nitrogens with zero attached hydrogens (tertiary/aromatic N) is 5. The lowest BCUT2D eigenvalue weighted by atomic mass is 10.0. The molecule has 0 amide bonds. The number of hydrogen-bond acceptors (Lipinski definition) is 8. The molecule has 5 rings (SSSR count). The van der Waals surface area contributed by atoms with Crippen molar-refractivity contribution in [2.24, 2.45) is 0 Å². The third-order valence-electron chi connectivity index (χ3n) is 5.61. The number of benzene rings is 2. The van der Waals surface area contributed by atoms with Crippen molar-refractivity contribution < 1.29 is 14.4 Å². The minimum Gasteiger partial charge on any atom is -0.388 e. The first-order valence-corrected chi connectivity index (χ1v) is 10.3. The number of methoxy groups -OCH3 is 1. The van der Waals surface area contributed by atoms with E-state index in [2.05, 4.69) is 61.3 Å². The van der Waals surface area contributed by atoms with Crippen molar-refractivity contribution in [3.8, 4) is 23.4 Å². The summed E-state index contributed by atoms with van der Waals surface area (Å²) in [6.45, 7) is 1.05. The predicted octanol–water partition coefficient (Wildman–Crippen LogP) is 2.82. The molecule has 0 aliphatic carbocycles. The first-order valence-electron chi connectivity index (χ1n) is 10.3. The molecule has 1 unspecified atom stereocenters. The van der Waals surface area contributed by atoms with Crippen LogP contribution in [-0.2, 0) is 11.3 Å². The Hall–Kier alpha value is -3.80. The largest absolute Gasteiger partial charge is 0.388 e. The van der Waals surface area contributed by atoms with Crippen molar-refractivity contribution >= 4 is 16.6 Å². The van der Waals surface area contributed by atoms with Crippen LogP contribution in [0.15, 0.2) is 59.1 Å². The summed E-state index contributed by atoms with van der Waals surface area (Å²) < 4.78 is 10.9. The minimum absolute atomic E-state index is 0.209. The summed E-state index contributed by atoms with van der Waals surface area (Å²) in [4.78, 5) is 6.15. The van der Waals surface area contributed by atoms with Gasteiger partial charge >= 0.3 is 0 Å². The number of fused-ring (bicyclic) bond motifs is 1. The van der Waals surface area contributed by atoms with Gasteiger partial charge in [0.15, 0.2) is 17.3 Å². The van der Waals surface area contributed by atoms with Crippen molar-refractivity contribution in [1.82, 2.24) is 20.3 Å². The smallest absolute Gasteiger partial charge is 0.278 e. The first kappa shape index (κ1) is 20.1. The lowest BCUT2D eigenvalue weighted by molar-refractivity contribution is 0.0602. The van der Waals surface area contributed by atoms with Crippen LogP contribution in [0.2, 0.25) is 0 Å². The monoisotopic (exact) mass is 427 g/mol. The molecule has 1 saturated heterocycles. The van der Waals surface area contributed by atoms with E-state index in [1.807, 2.05) is 24.3 Å². The van der Waals surface area contributed by atoms with Gasteiger partial charge in [0.05, 0.1) is 6.54 Å². The van der Waals surface area contributed by atoms with Gasteiger partial charge in [0, 0.05) is 25.6 Å². The van der Waals surface area contributed by atoms with E-state index in [0.717, 1.165) is 24.3 Å². The molecule has 1 N–H and O–H groups in total. The van der Waals surface area contributed by atoms with E-state index in [0.29, 0.717) is 12.2 Å². The maximum absolute atomic E-state index is 9.07. The molecule has 1 fully saturated rings. The molecule has 1 atom stereocenters. The standard InChI is InChI=1S/C24H21N5O3/c1-31-24(11-10-17-6-7-18-4-2-3-5-19(18)14-17)12-13-29(16-24)22-9-8-20(26-27-22)23-25-21(15-30)28-32-23/h2-9,14,30H,12-13,15-16H2,1H3. The first-order chi connectivity index (χ1) is 15.7. The second-order valence-corrected chi connectivity index (χ2v) is 7.63. The topological polar surface area (TPSA) is 97.4 Å². The van der Waals surface area contributed by atoms with Crippen LogP contribution >= 0.6 is 0 Å². The molecule has 4 aromatic rings. The maximum atomic E-state index is 9.07. The summed E-state index contributed by atoms with van der Waals surface area (Å²) in [6.07, 6.45) is 0.761. The van der Waals surface area contributed by atoms with Crippen LogP contribution in [0.4, 0.5) is 5.82 Å². The molecule has 8 nitrogen and oxygen atoms in total. The molecular formula is C24H21N5O3. The highest BCUT2D eigenvalue weighted by atomic mass is 16.5. The van der Waals surface area contributed by atoms with Gasteiger partial charge in [-0.05, 0) is 35.0 Å². The molecule has 0 radical (unpaired) electrons. The predicted molar refractivity (Wildman–Crippen MR) is 119 cm³/mol. The van der Waals surface area contributed by atoms with Crippen LogP contribution in [0.3, 0.4) is 0 Å². The molecule has 8 heteroatoms. The number of aliphatic hydroxyl groups is 1. The fraction of sp³-hybridized carbons (Fsp3) is 0.250. The summed E-state index contributed by atoms with van der Waals surface area (Å²) in [6, 6.07) is 18.1. The average molecular weight is 427 g/mol. The second kappa shape index (κ2) is 8.38. The second-order valence-electron chi connectivity index (χ2n) is 7.63. The molecule has 2 aromatic heterocycles. The highest BCUT2D eigenvalue weighted by Gasteiger charge is 2.37. The number of aromatic nitrogens is 4. The molecule has 2 aromatic carbocycles. The van der Waals surface area contributed by atoms with E-state index < -0.39 is 5.60 Å². The minimum atomic E-state index is -0.575. The summed E-state index contributed by atoms with van der Waals surface area (Å²) in [5.41, 5.74) is 0.841. The quantitative estimate of drug-likeness (QED) is 0.497. The Bertz CT molecular complexity index is 1310. The van der Waals surface area contributed by atoms with Crippen molar-refractivity contribution in [2.75, 3.05) is 25.1 Å². The zero-order valence-corrected chi connectivity index (χ0v) is 17.5. The van der Waals surface area contributed by atoms with Gasteiger partial charge in [0.1, 0.15) is 12.2 Å². The zero-order valence-electron chi connectivity index (χ0n) is 17.5. The number of hydrogen-bond donors (Lipinski definition) is 1. The summed E-state index contributed by atoms with van der Waals surface area (Å²) >= 11 is 0. The Morgan fingerprint density at radius 2 is 2.00 bits per heavy atom. The maximum Gasteiger partial charge on any atom is 0.278 e. The average Bonchev–Trinajstić information content (AvgIpc) is 3.51. The van der Waals surface area contributed by atoms with Crippen LogP contribution in [0.1, 0.15) is 17.8 Å². The molecule has 0 bridgehead atoms. The number of rotatable bonds is 4. The van der Waals surface area contributed by atoms with E-state index in [1.54, 1.807) is 13.2 Å². The van der Waals surface area contributed by atoms with Gasteiger partial charge in [-0.3, -0.25) is 0 Å². The Labute approximate surface area is 184 Å². The Morgan fingerprint density at radius 1 is 1.12 bits per heavy atom. The van der Waals surface area contributed by atoms with Crippen molar-refractivity contribution in [2.45, 2.75) is 18.6 Å². The highest BCUT2D eigenvalue weighted by Crippen LogP contribution is 2.28. The summed E-state index contributed by atoms with van der Waals surface area (Å²) in [7, 11) is 1.70. The number of anilines is 1. The van der Waals surface area contributed by atoms with E-state index in [4.69, 9.17) is 14.4 Å². The van der Waals surface area contributed by atoms with Crippen molar-refractivity contribution in [1.29, 1.82) is 0 Å². The SMILES string of the molecule is COC1(C#Cc2ccc3ccccc3c2)CCN(c2ccc(-c3nc(CO)no3)nn2)C1. The van der Waals surface area contributed by atoms with Gasteiger partial charge < -0.3 is 19.3 Å². The van der Waals surface area contributed by atoms with Gasteiger partial charge in [-0.25, -0.2) is 0 Å². The van der Waals surface area contributed by atoms with Gasteiger partial charge in [-0.1, -0.05) is 47.3 Å². The van der Waals surface area contributed by atoms with Crippen LogP contribution in [-0.4, -0.2) is 51.2 Å². The van der Waals surface area contributed by atoms with Crippen LogP contribution in [0.5, 0.6) is 0 Å². The molecule has 1 aliphatic rings. The Kier molecular flexibility index (Phi) is 5.27. The highest BCUT2D eigenvalue weighted by molar-refractivity contribution is 5.83. The number of ether oxygens (including phenoxy) is 1. The molecule has 0 spiro atoms. The zero-order chi connectivity index (χ0) is 22.0. The van der Waals surface area contributed by atoms with Crippen LogP contribution in [0.25, 0.3) is 22.4 Å².